The van der Waals surface area contributed by atoms with Crippen LogP contribution in [0, 0.1) is 0 Å². The van der Waals surface area contributed by atoms with Gasteiger partial charge in [0, 0.05) is 0 Å². The van der Waals surface area contributed by atoms with E-state index in [0.29, 0.717) is 0 Å². The third-order valence-electron chi connectivity index (χ3n) is 0.857. The maximum atomic E-state index is 11.5. The van der Waals surface area contributed by atoms with Crippen molar-refractivity contribution in [2.75, 3.05) is 13.2 Å². The van der Waals surface area contributed by atoms with Gasteiger partial charge in [-0.05, 0) is 0 Å². The van der Waals surface area contributed by atoms with Crippen molar-refractivity contribution in [3.63, 3.8) is 0 Å². The van der Waals surface area contributed by atoms with Gasteiger partial charge in [0.15, 0.2) is 0 Å². The predicted octanol–water partition coefficient (Wildman–Crippen LogP) is 5.04. The summed E-state index contributed by atoms with van der Waals surface area (Å²) in [4.78, 5) is 0. The van der Waals surface area contributed by atoms with E-state index in [1.54, 1.807) is 0 Å². The van der Waals surface area contributed by atoms with Gasteiger partial charge in [-0.1, -0.05) is 69.6 Å². The summed E-state index contributed by atoms with van der Waals surface area (Å²) in [5.41, 5.74) is 0. The Morgan fingerprint density at radius 3 is 1.38 bits per heavy atom. The molecule has 0 bridgehead atoms. The van der Waals surface area contributed by atoms with Gasteiger partial charge in [-0.25, -0.2) is 4.57 Å². The molecular weight excluding hydrogens is 391 g/mol. The van der Waals surface area contributed by atoms with Gasteiger partial charge in [0.1, 0.15) is 13.2 Å². The molecule has 98 valence electrons. The Bertz CT molecular complexity index is 238. The van der Waals surface area contributed by atoms with Gasteiger partial charge >= 0.3 is 7.82 Å². The molecule has 0 saturated heterocycles. The van der Waals surface area contributed by atoms with E-state index in [9.17, 15) is 4.57 Å². The highest BCUT2D eigenvalue weighted by molar-refractivity contribution is 7.49. The Balaban J connectivity index is 4.28. The molecule has 0 aliphatic rings. The third kappa shape index (κ3) is 10.1. The van der Waals surface area contributed by atoms with Crippen LogP contribution in [0.15, 0.2) is 0 Å². The van der Waals surface area contributed by atoms with Crippen LogP contribution in [0.1, 0.15) is 0 Å². The van der Waals surface area contributed by atoms with E-state index in [4.69, 9.17) is 81.5 Å². The molecule has 0 saturated carbocycles. The Kier molecular flexibility index (Phi) is 8.01. The number of hydrogen-bond acceptors (Lipinski definition) is 4. The van der Waals surface area contributed by atoms with Crippen LogP contribution in [0.25, 0.3) is 0 Å². The standard InChI is InChI=1S/C4H4Cl7O4P/c5-3(6,7)1-13-16(12,15-11)14-2-4(8,9)10/h1-2H2. The molecule has 0 spiro atoms. The molecule has 0 aliphatic heterocycles. The van der Waals surface area contributed by atoms with E-state index < -0.39 is 28.6 Å². The first-order valence-electron chi connectivity index (χ1n) is 3.30. The Morgan fingerprint density at radius 1 is 0.875 bits per heavy atom. The molecule has 0 fully saturated rings. The fourth-order valence-corrected chi connectivity index (χ4v) is 2.26. The lowest BCUT2D eigenvalue weighted by Gasteiger charge is -2.19. The molecule has 4 nitrogen and oxygen atoms in total. The zero-order chi connectivity index (χ0) is 13.0. The van der Waals surface area contributed by atoms with E-state index in [2.05, 4.69) is 13.1 Å². The topological polar surface area (TPSA) is 44.8 Å². The first-order chi connectivity index (χ1) is 6.97. The number of alkyl halides is 6. The maximum Gasteiger partial charge on any atom is 0.491 e. The van der Waals surface area contributed by atoms with Crippen LogP contribution in [-0.2, 0) is 17.7 Å². The molecule has 12 heteroatoms. The average Bonchev–Trinajstić information content (AvgIpc) is 2.09. The van der Waals surface area contributed by atoms with Gasteiger partial charge in [0.2, 0.25) is 7.59 Å². The summed E-state index contributed by atoms with van der Waals surface area (Å²) >= 11 is 36.9. The summed E-state index contributed by atoms with van der Waals surface area (Å²) in [6.45, 7) is -1.16. The van der Waals surface area contributed by atoms with Gasteiger partial charge in [-0.2, -0.15) is 4.08 Å². The van der Waals surface area contributed by atoms with Crippen molar-refractivity contribution in [1.82, 2.24) is 0 Å². The van der Waals surface area contributed by atoms with E-state index in [1.165, 1.54) is 0 Å². The lowest BCUT2D eigenvalue weighted by molar-refractivity contribution is 0.163. The SMILES string of the molecule is O=P(OCl)(OCC(Cl)(Cl)Cl)OCC(Cl)(Cl)Cl. The minimum atomic E-state index is -4.13. The van der Waals surface area contributed by atoms with Crippen LogP contribution >= 0.6 is 89.3 Å². The van der Waals surface area contributed by atoms with Crippen LogP contribution in [0.3, 0.4) is 0 Å². The molecule has 0 radical (unpaired) electrons. The molecular formula is C4H4Cl7O4P. The number of rotatable bonds is 5. The lowest BCUT2D eigenvalue weighted by atomic mass is 10.9. The van der Waals surface area contributed by atoms with Crippen molar-refractivity contribution in [2.24, 2.45) is 0 Å². The third-order valence-corrected chi connectivity index (χ3v) is 3.08. The summed E-state index contributed by atoms with van der Waals surface area (Å²) < 4.78 is 21.0. The molecule has 16 heavy (non-hydrogen) atoms. The average molecular weight is 395 g/mol. The fraction of sp³-hybridized carbons (Fsp3) is 1.00. The molecule has 0 rings (SSSR count). The Morgan fingerprint density at radius 2 is 1.19 bits per heavy atom. The fourth-order valence-electron chi connectivity index (χ4n) is 0.382. The van der Waals surface area contributed by atoms with Gasteiger partial charge in [0.05, 0.1) is 11.9 Å². The van der Waals surface area contributed by atoms with Crippen LogP contribution in [0.5, 0.6) is 0 Å². The highest BCUT2D eigenvalue weighted by Gasteiger charge is 2.35. The van der Waals surface area contributed by atoms with Gasteiger partial charge < -0.3 is 0 Å². The first-order valence-corrected chi connectivity index (χ1v) is 7.34. The number of hydrogen-bond donors (Lipinski definition) is 0. The summed E-state index contributed by atoms with van der Waals surface area (Å²) in [6, 6.07) is 0. The first kappa shape index (κ1) is 18.1. The predicted molar refractivity (Wildman–Crippen MR) is 67.0 cm³/mol. The molecule has 0 unspecified atom stereocenters. The minimum absolute atomic E-state index is 0.582. The second kappa shape index (κ2) is 7.06. The van der Waals surface area contributed by atoms with Gasteiger partial charge in [-0.15, -0.1) is 0 Å². The monoisotopic (exact) mass is 392 g/mol. The summed E-state index contributed by atoms with van der Waals surface area (Å²) in [5, 5.41) is 0. The van der Waals surface area contributed by atoms with Crippen LogP contribution in [-0.4, -0.2) is 20.8 Å². The second-order valence-electron chi connectivity index (χ2n) is 2.29. The van der Waals surface area contributed by atoms with E-state index >= 15 is 0 Å². The Labute approximate surface area is 127 Å². The second-order valence-corrected chi connectivity index (χ2v) is 9.29. The van der Waals surface area contributed by atoms with Crippen molar-refractivity contribution in [1.29, 1.82) is 0 Å². The van der Waals surface area contributed by atoms with Crippen molar-refractivity contribution in [3.8, 4) is 0 Å². The van der Waals surface area contributed by atoms with Gasteiger partial charge in [-0.3, -0.25) is 9.05 Å². The zero-order valence-electron chi connectivity index (χ0n) is 7.14. The van der Waals surface area contributed by atoms with E-state index in [0.717, 1.165) is 0 Å². The minimum Gasteiger partial charge on any atom is -0.281 e. The maximum absolute atomic E-state index is 11.5. The molecule has 0 N–H and O–H groups in total. The highest BCUT2D eigenvalue weighted by atomic mass is 35.6. The van der Waals surface area contributed by atoms with Crippen LogP contribution < -0.4 is 0 Å². The summed E-state index contributed by atoms with van der Waals surface area (Å²) in [6.07, 6.45) is 0. The molecule has 0 aromatic carbocycles. The molecule has 0 aromatic heterocycles. The normalized spacial score (nSPS) is 14.2. The summed E-state index contributed by atoms with van der Waals surface area (Å²) in [5.74, 6) is 0. The highest BCUT2D eigenvalue weighted by Crippen LogP contribution is 2.53. The molecule has 0 aliphatic carbocycles. The van der Waals surface area contributed by atoms with Crippen molar-refractivity contribution in [3.05, 3.63) is 0 Å². The van der Waals surface area contributed by atoms with Crippen molar-refractivity contribution < 1.29 is 17.7 Å². The number of phosphoric acid groups is 1. The van der Waals surface area contributed by atoms with Gasteiger partial charge in [0.25, 0.3) is 0 Å². The molecule has 0 aromatic rings. The number of phosphoric ester groups is 1. The zero-order valence-corrected chi connectivity index (χ0v) is 13.3. The Hall–Kier alpha value is 2.14. The molecule has 0 amide bonds. The summed E-state index contributed by atoms with van der Waals surface area (Å²) in [7, 11) is -4.13. The van der Waals surface area contributed by atoms with E-state index in [1.807, 2.05) is 0 Å². The van der Waals surface area contributed by atoms with Crippen molar-refractivity contribution >= 4 is 89.3 Å². The van der Waals surface area contributed by atoms with Crippen LogP contribution in [0.4, 0.5) is 0 Å². The van der Waals surface area contributed by atoms with Crippen LogP contribution in [0.2, 0.25) is 0 Å². The number of halogens is 7. The smallest absolute Gasteiger partial charge is 0.281 e. The molecule has 0 heterocycles. The lowest BCUT2D eigenvalue weighted by Crippen LogP contribution is -2.16. The van der Waals surface area contributed by atoms with E-state index in [-0.39, 0.29) is 0 Å². The molecule has 0 atom stereocenters. The largest absolute Gasteiger partial charge is 0.491 e. The van der Waals surface area contributed by atoms with Crippen molar-refractivity contribution in [2.45, 2.75) is 7.59 Å². The quantitative estimate of drug-likeness (QED) is 0.484.